The maximum atomic E-state index is 11.3. The molecule has 1 amide bonds. The van der Waals surface area contributed by atoms with Crippen molar-refractivity contribution in [3.63, 3.8) is 0 Å². The predicted octanol–water partition coefficient (Wildman–Crippen LogP) is 0.706. The molecule has 2 saturated heterocycles. The first kappa shape index (κ1) is 10.5. The standard InChI is InChI=1S/C12H18N2O/c1-13-8-2-5-11(13)6-3-9-14-10-4-7-12(14)15/h11H,2,4-5,7-10H2,1H3/t11-/m0/s1. The van der Waals surface area contributed by atoms with E-state index < -0.39 is 0 Å². The Kier molecular flexibility index (Phi) is 3.27. The van der Waals surface area contributed by atoms with Crippen molar-refractivity contribution < 1.29 is 4.79 Å². The van der Waals surface area contributed by atoms with E-state index in [1.807, 2.05) is 4.90 Å². The molecule has 15 heavy (non-hydrogen) atoms. The molecule has 2 rings (SSSR count). The number of carbonyl (C=O) groups excluding carboxylic acids is 1. The molecule has 0 aromatic heterocycles. The van der Waals surface area contributed by atoms with Gasteiger partial charge in [0.15, 0.2) is 0 Å². The van der Waals surface area contributed by atoms with Crippen molar-refractivity contribution in [2.45, 2.75) is 31.7 Å². The van der Waals surface area contributed by atoms with Gasteiger partial charge in [0.1, 0.15) is 0 Å². The third kappa shape index (κ3) is 2.51. The van der Waals surface area contributed by atoms with E-state index in [9.17, 15) is 4.79 Å². The summed E-state index contributed by atoms with van der Waals surface area (Å²) in [5.41, 5.74) is 0. The molecule has 2 fully saturated rings. The highest BCUT2D eigenvalue weighted by molar-refractivity contribution is 5.78. The van der Waals surface area contributed by atoms with Crippen molar-refractivity contribution in [1.29, 1.82) is 0 Å². The van der Waals surface area contributed by atoms with Crippen molar-refractivity contribution >= 4 is 5.91 Å². The zero-order valence-electron chi connectivity index (χ0n) is 9.33. The van der Waals surface area contributed by atoms with Gasteiger partial charge < -0.3 is 4.90 Å². The summed E-state index contributed by atoms with van der Waals surface area (Å²) in [5, 5.41) is 0. The quantitative estimate of drug-likeness (QED) is 0.590. The second kappa shape index (κ2) is 4.67. The Labute approximate surface area is 91.4 Å². The SMILES string of the molecule is CN1CCC[C@H]1C#CCN1CCCC1=O. The molecule has 82 valence electrons. The van der Waals surface area contributed by atoms with E-state index in [0.717, 1.165) is 19.5 Å². The van der Waals surface area contributed by atoms with Crippen LogP contribution in [0, 0.1) is 11.8 Å². The van der Waals surface area contributed by atoms with Crippen molar-refractivity contribution in [2.24, 2.45) is 0 Å². The van der Waals surface area contributed by atoms with Crippen LogP contribution in [0.5, 0.6) is 0 Å². The van der Waals surface area contributed by atoms with Crippen LogP contribution in [-0.2, 0) is 4.79 Å². The number of nitrogens with zero attached hydrogens (tertiary/aromatic N) is 2. The van der Waals surface area contributed by atoms with Crippen LogP contribution in [0.15, 0.2) is 0 Å². The molecule has 0 aliphatic carbocycles. The summed E-state index contributed by atoms with van der Waals surface area (Å²) in [6.45, 7) is 2.68. The Balaban J connectivity index is 1.81. The Hall–Kier alpha value is -1.01. The molecule has 0 unspecified atom stereocenters. The normalized spacial score (nSPS) is 26.9. The van der Waals surface area contributed by atoms with E-state index in [2.05, 4.69) is 23.8 Å². The van der Waals surface area contributed by atoms with Gasteiger partial charge in [0.25, 0.3) is 0 Å². The van der Waals surface area contributed by atoms with Crippen molar-refractivity contribution in [3.8, 4) is 11.8 Å². The molecule has 2 heterocycles. The van der Waals surface area contributed by atoms with E-state index in [1.165, 1.54) is 12.8 Å². The molecule has 0 aromatic rings. The zero-order valence-corrected chi connectivity index (χ0v) is 9.33. The number of hydrogen-bond donors (Lipinski definition) is 0. The van der Waals surface area contributed by atoms with Gasteiger partial charge >= 0.3 is 0 Å². The van der Waals surface area contributed by atoms with Gasteiger partial charge in [-0.25, -0.2) is 0 Å². The summed E-state index contributed by atoms with van der Waals surface area (Å²) in [6, 6.07) is 0.419. The first-order chi connectivity index (χ1) is 7.27. The Morgan fingerprint density at radius 1 is 1.40 bits per heavy atom. The van der Waals surface area contributed by atoms with E-state index in [-0.39, 0.29) is 5.91 Å². The second-order valence-electron chi connectivity index (χ2n) is 4.38. The monoisotopic (exact) mass is 206 g/mol. The van der Waals surface area contributed by atoms with Crippen molar-refractivity contribution in [3.05, 3.63) is 0 Å². The van der Waals surface area contributed by atoms with Gasteiger partial charge in [0, 0.05) is 13.0 Å². The lowest BCUT2D eigenvalue weighted by molar-refractivity contribution is -0.127. The van der Waals surface area contributed by atoms with Crippen LogP contribution in [0.3, 0.4) is 0 Å². The van der Waals surface area contributed by atoms with Crippen molar-refractivity contribution in [1.82, 2.24) is 9.80 Å². The fraction of sp³-hybridized carbons (Fsp3) is 0.750. The second-order valence-corrected chi connectivity index (χ2v) is 4.38. The zero-order chi connectivity index (χ0) is 10.7. The highest BCUT2D eigenvalue weighted by Crippen LogP contribution is 2.13. The minimum atomic E-state index is 0.268. The van der Waals surface area contributed by atoms with Gasteiger partial charge in [-0.3, -0.25) is 9.69 Å². The molecule has 0 bridgehead atoms. The molecule has 3 nitrogen and oxygen atoms in total. The van der Waals surface area contributed by atoms with Gasteiger partial charge in [0.05, 0.1) is 12.6 Å². The summed E-state index contributed by atoms with van der Waals surface area (Å²) in [5.74, 6) is 6.67. The van der Waals surface area contributed by atoms with Crippen LogP contribution >= 0.6 is 0 Å². The fourth-order valence-corrected chi connectivity index (χ4v) is 2.22. The van der Waals surface area contributed by atoms with Crippen LogP contribution in [0.1, 0.15) is 25.7 Å². The van der Waals surface area contributed by atoms with Gasteiger partial charge in [0.2, 0.25) is 5.91 Å². The van der Waals surface area contributed by atoms with Crippen molar-refractivity contribution in [2.75, 3.05) is 26.7 Å². The molecule has 1 atom stereocenters. The van der Waals surface area contributed by atoms with Crippen LogP contribution < -0.4 is 0 Å². The molecular formula is C12H18N2O. The summed E-state index contributed by atoms with van der Waals surface area (Å²) in [6.07, 6.45) is 4.14. The first-order valence-electron chi connectivity index (χ1n) is 5.74. The van der Waals surface area contributed by atoms with Gasteiger partial charge in [-0.1, -0.05) is 11.8 Å². The summed E-state index contributed by atoms with van der Waals surface area (Å²) < 4.78 is 0. The van der Waals surface area contributed by atoms with E-state index in [4.69, 9.17) is 0 Å². The predicted molar refractivity (Wildman–Crippen MR) is 59.2 cm³/mol. The number of hydrogen-bond acceptors (Lipinski definition) is 2. The molecular weight excluding hydrogens is 188 g/mol. The Morgan fingerprint density at radius 2 is 2.27 bits per heavy atom. The average Bonchev–Trinajstić information content (AvgIpc) is 2.78. The fourth-order valence-electron chi connectivity index (χ4n) is 2.22. The number of likely N-dealkylation sites (tertiary alicyclic amines) is 2. The van der Waals surface area contributed by atoms with Crippen LogP contribution in [0.4, 0.5) is 0 Å². The molecule has 3 heteroatoms. The molecule has 2 aliphatic rings. The minimum Gasteiger partial charge on any atom is -0.332 e. The Morgan fingerprint density at radius 3 is 2.87 bits per heavy atom. The highest BCUT2D eigenvalue weighted by Gasteiger charge is 2.20. The number of carbonyl (C=O) groups is 1. The largest absolute Gasteiger partial charge is 0.332 e. The minimum absolute atomic E-state index is 0.268. The molecule has 0 saturated carbocycles. The summed E-state index contributed by atoms with van der Waals surface area (Å²) >= 11 is 0. The number of rotatable bonds is 1. The molecule has 0 aromatic carbocycles. The summed E-state index contributed by atoms with van der Waals surface area (Å²) in [7, 11) is 2.12. The molecule has 0 N–H and O–H groups in total. The van der Waals surface area contributed by atoms with Gasteiger partial charge in [-0.2, -0.15) is 0 Å². The smallest absolute Gasteiger partial charge is 0.223 e. The van der Waals surface area contributed by atoms with E-state index in [0.29, 0.717) is 19.0 Å². The van der Waals surface area contributed by atoms with Crippen LogP contribution in [0.2, 0.25) is 0 Å². The third-order valence-electron chi connectivity index (χ3n) is 3.23. The molecule has 0 radical (unpaired) electrons. The van der Waals surface area contributed by atoms with Gasteiger partial charge in [-0.15, -0.1) is 0 Å². The number of amides is 1. The Bertz CT molecular complexity index is 302. The summed E-state index contributed by atoms with van der Waals surface area (Å²) in [4.78, 5) is 15.5. The lowest BCUT2D eigenvalue weighted by atomic mass is 10.2. The van der Waals surface area contributed by atoms with Crippen LogP contribution in [-0.4, -0.2) is 48.4 Å². The lowest BCUT2D eigenvalue weighted by Gasteiger charge is -2.13. The molecule has 0 spiro atoms. The lowest BCUT2D eigenvalue weighted by Crippen LogP contribution is -2.26. The van der Waals surface area contributed by atoms with E-state index in [1.54, 1.807) is 0 Å². The van der Waals surface area contributed by atoms with Crippen LogP contribution in [0.25, 0.3) is 0 Å². The first-order valence-corrected chi connectivity index (χ1v) is 5.74. The highest BCUT2D eigenvalue weighted by atomic mass is 16.2. The van der Waals surface area contributed by atoms with Gasteiger partial charge in [-0.05, 0) is 32.9 Å². The molecule has 2 aliphatic heterocycles. The van der Waals surface area contributed by atoms with E-state index >= 15 is 0 Å². The average molecular weight is 206 g/mol. The third-order valence-corrected chi connectivity index (χ3v) is 3.23. The topological polar surface area (TPSA) is 23.6 Å². The maximum absolute atomic E-state index is 11.3. The maximum Gasteiger partial charge on any atom is 0.223 e.